The summed E-state index contributed by atoms with van der Waals surface area (Å²) >= 11 is 0. The van der Waals surface area contributed by atoms with Gasteiger partial charge in [-0.2, -0.15) is 0 Å². The van der Waals surface area contributed by atoms with E-state index in [4.69, 9.17) is 0 Å². The fourth-order valence-corrected chi connectivity index (χ4v) is 3.00. The van der Waals surface area contributed by atoms with Gasteiger partial charge in [0.05, 0.1) is 0 Å². The molecule has 4 rings (SSSR count). The van der Waals surface area contributed by atoms with Crippen molar-refractivity contribution in [1.82, 2.24) is 9.97 Å². The Morgan fingerprint density at radius 1 is 0.750 bits per heavy atom. The predicted octanol–water partition coefficient (Wildman–Crippen LogP) is 5.26. The molecule has 0 bridgehead atoms. The van der Waals surface area contributed by atoms with Gasteiger partial charge in [0, 0.05) is 29.9 Å². The molecule has 1 heterocycles. The Labute approximate surface area is 164 Å². The van der Waals surface area contributed by atoms with Crippen LogP contribution in [0.15, 0.2) is 73.1 Å². The number of fused-ring (bicyclic) bond motifs is 1. The number of aryl methyl sites for hydroxylation is 3. The topological polar surface area (TPSA) is 25.8 Å². The van der Waals surface area contributed by atoms with Crippen LogP contribution in [-0.4, -0.2) is 9.97 Å². The van der Waals surface area contributed by atoms with E-state index in [9.17, 15) is 4.39 Å². The van der Waals surface area contributed by atoms with Gasteiger partial charge in [-0.25, -0.2) is 14.4 Å². The number of hydrogen-bond acceptors (Lipinski definition) is 2. The van der Waals surface area contributed by atoms with Crippen LogP contribution in [0.2, 0.25) is 0 Å². The third-order valence-corrected chi connectivity index (χ3v) is 4.58. The number of halogens is 1. The normalized spacial score (nSPS) is 10.5. The van der Waals surface area contributed by atoms with E-state index < -0.39 is 0 Å². The van der Waals surface area contributed by atoms with Gasteiger partial charge in [0.2, 0.25) is 0 Å². The van der Waals surface area contributed by atoms with Gasteiger partial charge in [-0.3, -0.25) is 0 Å². The highest BCUT2D eigenvalue weighted by Crippen LogP contribution is 2.17. The fraction of sp³-hybridized carbons (Fsp3) is 0.120. The fourth-order valence-electron chi connectivity index (χ4n) is 3.00. The summed E-state index contributed by atoms with van der Waals surface area (Å²) in [6.07, 6.45) is 5.43. The summed E-state index contributed by atoms with van der Waals surface area (Å²) in [7, 11) is 0. The van der Waals surface area contributed by atoms with Gasteiger partial charge in [-0.1, -0.05) is 36.1 Å². The highest BCUT2D eigenvalue weighted by Gasteiger charge is 1.99. The molecule has 28 heavy (non-hydrogen) atoms. The molecule has 0 atom stereocenters. The molecule has 3 aromatic carbocycles. The number of rotatable bonds is 3. The second-order valence-corrected chi connectivity index (χ2v) is 6.83. The molecule has 1 aromatic heterocycles. The van der Waals surface area contributed by atoms with Crippen molar-refractivity contribution in [3.63, 3.8) is 0 Å². The molecule has 0 fully saturated rings. The quantitative estimate of drug-likeness (QED) is 0.462. The second-order valence-electron chi connectivity index (χ2n) is 6.83. The van der Waals surface area contributed by atoms with Crippen molar-refractivity contribution in [3.05, 3.63) is 107 Å². The maximum atomic E-state index is 13.3. The van der Waals surface area contributed by atoms with E-state index in [1.807, 2.05) is 49.6 Å². The first-order chi connectivity index (χ1) is 13.7. The smallest absolute Gasteiger partial charge is 0.128 e. The highest BCUT2D eigenvalue weighted by molar-refractivity contribution is 5.83. The van der Waals surface area contributed by atoms with E-state index in [0.717, 1.165) is 46.1 Å². The van der Waals surface area contributed by atoms with Crippen LogP contribution in [0.25, 0.3) is 10.8 Å². The minimum absolute atomic E-state index is 0.222. The van der Waals surface area contributed by atoms with E-state index in [1.54, 1.807) is 6.07 Å². The monoisotopic (exact) mass is 366 g/mol. The van der Waals surface area contributed by atoms with Crippen LogP contribution >= 0.6 is 0 Å². The van der Waals surface area contributed by atoms with Gasteiger partial charge in [-0.05, 0) is 71.6 Å². The lowest BCUT2D eigenvalue weighted by Crippen LogP contribution is -1.98. The molecule has 0 radical (unpaired) electrons. The zero-order valence-electron chi connectivity index (χ0n) is 15.6. The molecule has 136 valence electrons. The van der Waals surface area contributed by atoms with Crippen LogP contribution in [0.3, 0.4) is 0 Å². The molecule has 0 unspecified atom stereocenters. The first kappa shape index (κ1) is 17.9. The van der Waals surface area contributed by atoms with Gasteiger partial charge < -0.3 is 0 Å². The average Bonchev–Trinajstić information content (AvgIpc) is 2.72. The Morgan fingerprint density at radius 2 is 1.39 bits per heavy atom. The lowest BCUT2D eigenvalue weighted by atomic mass is 10.1. The Bertz CT molecular complexity index is 1170. The molecule has 2 nitrogen and oxygen atoms in total. The molecule has 3 heteroatoms. The van der Waals surface area contributed by atoms with Crippen molar-refractivity contribution in [2.45, 2.75) is 19.8 Å². The molecule has 0 saturated carbocycles. The predicted molar refractivity (Wildman–Crippen MR) is 111 cm³/mol. The van der Waals surface area contributed by atoms with Gasteiger partial charge in [0.15, 0.2) is 0 Å². The summed E-state index contributed by atoms with van der Waals surface area (Å²) < 4.78 is 13.3. The molecule has 0 spiro atoms. The van der Waals surface area contributed by atoms with Crippen molar-refractivity contribution in [2.24, 2.45) is 0 Å². The Kier molecular flexibility index (Phi) is 5.12. The number of benzene rings is 3. The Hall–Kier alpha value is -3.51. The van der Waals surface area contributed by atoms with Crippen LogP contribution in [0, 0.1) is 24.6 Å². The Balaban J connectivity index is 1.43. The van der Waals surface area contributed by atoms with Crippen LogP contribution in [0.1, 0.15) is 28.1 Å². The molecule has 0 aliphatic carbocycles. The zero-order valence-corrected chi connectivity index (χ0v) is 15.6. The molecule has 0 N–H and O–H groups in total. The first-order valence-corrected chi connectivity index (χ1v) is 9.23. The summed E-state index contributed by atoms with van der Waals surface area (Å²) in [5.41, 5.74) is 4.20. The van der Waals surface area contributed by atoms with Crippen molar-refractivity contribution in [3.8, 4) is 11.8 Å². The van der Waals surface area contributed by atoms with Crippen LogP contribution in [-0.2, 0) is 12.8 Å². The summed E-state index contributed by atoms with van der Waals surface area (Å²) in [5, 5.41) is 1.87. The molecule has 0 aliphatic heterocycles. The molecule has 0 saturated heterocycles. The number of nitrogens with zero attached hydrogens (tertiary/aromatic N) is 2. The third kappa shape index (κ3) is 4.42. The van der Waals surface area contributed by atoms with E-state index in [-0.39, 0.29) is 5.82 Å². The lowest BCUT2D eigenvalue weighted by molar-refractivity contribution is 0.630. The highest BCUT2D eigenvalue weighted by atomic mass is 19.1. The van der Waals surface area contributed by atoms with Crippen molar-refractivity contribution in [2.75, 3.05) is 0 Å². The summed E-state index contributed by atoms with van der Waals surface area (Å²) in [4.78, 5) is 8.69. The molecular weight excluding hydrogens is 347 g/mol. The lowest BCUT2D eigenvalue weighted by Gasteiger charge is -2.02. The summed E-state index contributed by atoms with van der Waals surface area (Å²) in [6, 6.07) is 18.9. The van der Waals surface area contributed by atoms with E-state index in [2.05, 4.69) is 33.9 Å². The molecule has 4 aromatic rings. The van der Waals surface area contributed by atoms with E-state index in [0.29, 0.717) is 0 Å². The zero-order chi connectivity index (χ0) is 19.3. The summed E-state index contributed by atoms with van der Waals surface area (Å²) in [5.74, 6) is 7.03. The molecule has 0 aliphatic rings. The van der Waals surface area contributed by atoms with Crippen LogP contribution in [0.4, 0.5) is 4.39 Å². The SMILES string of the molecule is Cc1cnc(CCc2ccc(C#Cc3ccc4cc(F)ccc4c3)cc2)nc1. The van der Waals surface area contributed by atoms with E-state index in [1.165, 1.54) is 17.7 Å². The van der Waals surface area contributed by atoms with Gasteiger partial charge in [0.1, 0.15) is 11.6 Å². The van der Waals surface area contributed by atoms with Crippen LogP contribution in [0.5, 0.6) is 0 Å². The number of hydrogen-bond donors (Lipinski definition) is 0. The van der Waals surface area contributed by atoms with Crippen molar-refractivity contribution < 1.29 is 4.39 Å². The minimum atomic E-state index is -0.222. The standard InChI is InChI=1S/C25H19FN2/c1-18-16-27-25(28-17-18)13-9-20-4-2-19(3-5-20)6-7-21-8-10-23-15-24(26)12-11-22(23)14-21/h2-5,8,10-12,14-17H,9,13H2,1H3. The summed E-state index contributed by atoms with van der Waals surface area (Å²) in [6.45, 7) is 1.99. The Morgan fingerprint density at radius 3 is 2.18 bits per heavy atom. The third-order valence-electron chi connectivity index (χ3n) is 4.58. The van der Waals surface area contributed by atoms with Gasteiger partial charge in [-0.15, -0.1) is 0 Å². The maximum absolute atomic E-state index is 13.3. The number of aromatic nitrogens is 2. The van der Waals surface area contributed by atoms with Crippen molar-refractivity contribution >= 4 is 10.8 Å². The van der Waals surface area contributed by atoms with Gasteiger partial charge >= 0.3 is 0 Å². The van der Waals surface area contributed by atoms with E-state index >= 15 is 0 Å². The molecular formula is C25H19FN2. The minimum Gasteiger partial charge on any atom is -0.241 e. The molecule has 0 amide bonds. The van der Waals surface area contributed by atoms with Crippen molar-refractivity contribution in [1.29, 1.82) is 0 Å². The average molecular weight is 366 g/mol. The van der Waals surface area contributed by atoms with Gasteiger partial charge in [0.25, 0.3) is 0 Å². The largest absolute Gasteiger partial charge is 0.241 e. The first-order valence-electron chi connectivity index (χ1n) is 9.23. The van der Waals surface area contributed by atoms with Crippen LogP contribution < -0.4 is 0 Å². The maximum Gasteiger partial charge on any atom is 0.128 e. The second kappa shape index (κ2) is 8.02.